The average molecular weight is 336 g/mol. The normalized spacial score (nSPS) is 10.9. The third-order valence-electron chi connectivity index (χ3n) is 3.03. The third-order valence-corrected chi connectivity index (χ3v) is 3.26. The number of rotatable bonds is 4. The average Bonchev–Trinajstić information content (AvgIpc) is 2.48. The predicted molar refractivity (Wildman–Crippen MR) is 84.9 cm³/mol. The minimum atomic E-state index is -0.899. The van der Waals surface area contributed by atoms with Crippen LogP contribution in [0.5, 0.6) is 5.75 Å². The van der Waals surface area contributed by atoms with Crippen molar-refractivity contribution >= 4 is 34.9 Å². The van der Waals surface area contributed by atoms with E-state index in [9.17, 15) is 25.3 Å². The lowest BCUT2D eigenvalue weighted by Gasteiger charge is -2.02. The van der Waals surface area contributed by atoms with Gasteiger partial charge in [0.25, 0.3) is 5.69 Å². The van der Waals surface area contributed by atoms with Crippen molar-refractivity contribution in [2.75, 3.05) is 0 Å². The second-order valence-electron chi connectivity index (χ2n) is 4.61. The van der Waals surface area contributed by atoms with Crippen LogP contribution in [0.4, 0.5) is 17.1 Å². The molecule has 0 spiro atoms. The molecule has 118 valence electrons. The molecular formula is C14H10ClN3O5. The van der Waals surface area contributed by atoms with Gasteiger partial charge in [-0.3, -0.25) is 25.2 Å². The maximum atomic E-state index is 10.9. The summed E-state index contributed by atoms with van der Waals surface area (Å²) in [6.07, 6.45) is 1.12. The minimum absolute atomic E-state index is 0.134. The molecule has 2 aromatic rings. The number of hydrogen-bond acceptors (Lipinski definition) is 6. The van der Waals surface area contributed by atoms with Gasteiger partial charge in [0, 0.05) is 22.9 Å². The van der Waals surface area contributed by atoms with Crippen LogP contribution in [0, 0.1) is 27.2 Å². The Morgan fingerprint density at radius 1 is 1.17 bits per heavy atom. The summed E-state index contributed by atoms with van der Waals surface area (Å²) in [5.41, 5.74) is -0.149. The second kappa shape index (κ2) is 6.41. The summed E-state index contributed by atoms with van der Waals surface area (Å²) >= 11 is 5.86. The first kappa shape index (κ1) is 16.4. The van der Waals surface area contributed by atoms with E-state index >= 15 is 0 Å². The monoisotopic (exact) mass is 335 g/mol. The first-order valence-corrected chi connectivity index (χ1v) is 6.63. The number of aromatic hydroxyl groups is 1. The van der Waals surface area contributed by atoms with E-state index < -0.39 is 27.0 Å². The Hall–Kier alpha value is -3.00. The standard InChI is InChI=1S/C14H10ClN3O5/c1-8-2-3-10(15)5-12(8)16-7-9-4-11(17(20)21)6-13(14(9)19)18(22)23/h2-7,19H,1H3. The van der Waals surface area contributed by atoms with E-state index in [1.165, 1.54) is 0 Å². The first-order valence-electron chi connectivity index (χ1n) is 6.25. The van der Waals surface area contributed by atoms with Crippen LogP contribution in [-0.4, -0.2) is 21.2 Å². The predicted octanol–water partition coefficient (Wildman–Crippen LogP) is 3.92. The Morgan fingerprint density at radius 3 is 2.48 bits per heavy atom. The maximum Gasteiger partial charge on any atom is 0.318 e. The fourth-order valence-electron chi connectivity index (χ4n) is 1.83. The number of non-ortho nitro benzene ring substituents is 1. The summed E-state index contributed by atoms with van der Waals surface area (Å²) in [5.74, 6) is -0.691. The molecule has 0 aliphatic carbocycles. The van der Waals surface area contributed by atoms with Crippen LogP contribution in [0.2, 0.25) is 5.02 Å². The van der Waals surface area contributed by atoms with Crippen LogP contribution in [0.15, 0.2) is 35.3 Å². The smallest absolute Gasteiger partial charge is 0.318 e. The minimum Gasteiger partial charge on any atom is -0.502 e. The zero-order chi connectivity index (χ0) is 17.1. The molecule has 0 saturated heterocycles. The van der Waals surface area contributed by atoms with E-state index in [1.54, 1.807) is 25.1 Å². The van der Waals surface area contributed by atoms with E-state index in [0.29, 0.717) is 16.8 Å². The molecule has 0 unspecified atom stereocenters. The molecule has 0 aliphatic rings. The molecule has 9 heteroatoms. The number of phenolic OH excluding ortho intramolecular Hbond substituents is 1. The van der Waals surface area contributed by atoms with Crippen LogP contribution >= 0.6 is 11.6 Å². The zero-order valence-corrected chi connectivity index (χ0v) is 12.5. The topological polar surface area (TPSA) is 119 Å². The molecule has 2 rings (SSSR count). The lowest BCUT2D eigenvalue weighted by atomic mass is 10.1. The summed E-state index contributed by atoms with van der Waals surface area (Å²) < 4.78 is 0. The highest BCUT2D eigenvalue weighted by Crippen LogP contribution is 2.34. The molecular weight excluding hydrogens is 326 g/mol. The van der Waals surface area contributed by atoms with E-state index in [2.05, 4.69) is 4.99 Å². The van der Waals surface area contributed by atoms with Crippen molar-refractivity contribution in [1.29, 1.82) is 0 Å². The summed E-state index contributed by atoms with van der Waals surface area (Å²) in [6.45, 7) is 1.78. The van der Waals surface area contributed by atoms with Crippen LogP contribution in [0.1, 0.15) is 11.1 Å². The molecule has 0 atom stereocenters. The van der Waals surface area contributed by atoms with Crippen LogP contribution < -0.4 is 0 Å². The number of phenols is 1. The zero-order valence-electron chi connectivity index (χ0n) is 11.8. The van der Waals surface area contributed by atoms with Crippen molar-refractivity contribution in [2.45, 2.75) is 6.92 Å². The summed E-state index contributed by atoms with van der Waals surface area (Å²) in [7, 11) is 0. The molecule has 0 aliphatic heterocycles. The van der Waals surface area contributed by atoms with Crippen molar-refractivity contribution in [3.8, 4) is 5.75 Å². The van der Waals surface area contributed by atoms with Crippen LogP contribution in [-0.2, 0) is 0 Å². The van der Waals surface area contributed by atoms with Gasteiger partial charge < -0.3 is 5.11 Å². The molecule has 0 bridgehead atoms. The lowest BCUT2D eigenvalue weighted by Crippen LogP contribution is -1.96. The van der Waals surface area contributed by atoms with Gasteiger partial charge in [-0.05, 0) is 24.6 Å². The number of nitro benzene ring substituents is 2. The number of benzene rings is 2. The second-order valence-corrected chi connectivity index (χ2v) is 5.04. The Bertz CT molecular complexity index is 835. The number of nitro groups is 2. The highest BCUT2D eigenvalue weighted by Gasteiger charge is 2.23. The molecule has 2 aromatic carbocycles. The SMILES string of the molecule is Cc1ccc(Cl)cc1N=Cc1cc([N+](=O)[O-])cc([N+](=O)[O-])c1O. The Morgan fingerprint density at radius 2 is 1.87 bits per heavy atom. The van der Waals surface area contributed by atoms with E-state index in [4.69, 9.17) is 11.6 Å². The molecule has 0 radical (unpaired) electrons. The molecule has 0 aromatic heterocycles. The van der Waals surface area contributed by atoms with Gasteiger partial charge in [0.15, 0.2) is 0 Å². The van der Waals surface area contributed by atoms with E-state index in [-0.39, 0.29) is 5.56 Å². The molecule has 1 N–H and O–H groups in total. The quantitative estimate of drug-likeness (QED) is 0.516. The Labute approximate surface area is 135 Å². The molecule has 0 amide bonds. The van der Waals surface area contributed by atoms with Gasteiger partial charge in [0.2, 0.25) is 5.75 Å². The van der Waals surface area contributed by atoms with Crippen molar-refractivity contribution in [1.82, 2.24) is 0 Å². The van der Waals surface area contributed by atoms with Crippen molar-refractivity contribution in [3.05, 3.63) is 66.7 Å². The van der Waals surface area contributed by atoms with Gasteiger partial charge in [-0.25, -0.2) is 0 Å². The van der Waals surface area contributed by atoms with E-state index in [1.807, 2.05) is 0 Å². The molecule has 0 saturated carbocycles. The first-order chi connectivity index (χ1) is 10.8. The van der Waals surface area contributed by atoms with Crippen molar-refractivity contribution in [2.24, 2.45) is 4.99 Å². The fraction of sp³-hybridized carbons (Fsp3) is 0.0714. The Kier molecular flexibility index (Phi) is 4.56. The van der Waals surface area contributed by atoms with Gasteiger partial charge >= 0.3 is 5.69 Å². The van der Waals surface area contributed by atoms with Gasteiger partial charge in [0.1, 0.15) is 0 Å². The molecule has 0 heterocycles. The van der Waals surface area contributed by atoms with E-state index in [0.717, 1.165) is 17.8 Å². The number of hydrogen-bond donors (Lipinski definition) is 1. The van der Waals surface area contributed by atoms with Gasteiger partial charge in [-0.2, -0.15) is 0 Å². The van der Waals surface area contributed by atoms with Crippen LogP contribution in [0.25, 0.3) is 0 Å². The summed E-state index contributed by atoms with van der Waals surface area (Å²) in [4.78, 5) is 24.1. The molecule has 23 heavy (non-hydrogen) atoms. The molecule has 0 fully saturated rings. The number of nitrogens with zero attached hydrogens (tertiary/aromatic N) is 3. The number of halogens is 1. The largest absolute Gasteiger partial charge is 0.502 e. The summed E-state index contributed by atoms with van der Waals surface area (Å²) in [6, 6.07) is 6.66. The fourth-order valence-corrected chi connectivity index (χ4v) is 2.00. The van der Waals surface area contributed by atoms with Gasteiger partial charge in [-0.1, -0.05) is 17.7 Å². The summed E-state index contributed by atoms with van der Waals surface area (Å²) in [5, 5.41) is 32.1. The maximum absolute atomic E-state index is 10.9. The number of aliphatic imine (C=N–C) groups is 1. The number of aryl methyl sites for hydroxylation is 1. The van der Waals surface area contributed by atoms with Crippen molar-refractivity contribution < 1.29 is 15.0 Å². The van der Waals surface area contributed by atoms with Gasteiger partial charge in [-0.15, -0.1) is 0 Å². The van der Waals surface area contributed by atoms with Crippen LogP contribution in [0.3, 0.4) is 0 Å². The highest BCUT2D eigenvalue weighted by atomic mass is 35.5. The molecule has 8 nitrogen and oxygen atoms in total. The lowest BCUT2D eigenvalue weighted by molar-refractivity contribution is -0.394. The van der Waals surface area contributed by atoms with Gasteiger partial charge in [0.05, 0.1) is 21.6 Å². The Balaban J connectivity index is 2.54. The highest BCUT2D eigenvalue weighted by molar-refractivity contribution is 6.30. The van der Waals surface area contributed by atoms with Crippen molar-refractivity contribution in [3.63, 3.8) is 0 Å². The third kappa shape index (κ3) is 3.61.